The molecular weight excluding hydrogens is 414 g/mol. The zero-order valence-corrected chi connectivity index (χ0v) is 19.5. The van der Waals surface area contributed by atoms with Gasteiger partial charge >= 0.3 is 0 Å². The second-order valence-electron chi connectivity index (χ2n) is 9.90. The van der Waals surface area contributed by atoms with E-state index >= 15 is 0 Å². The maximum atomic E-state index is 12.8. The molecule has 3 aromatic heterocycles. The smallest absolute Gasteiger partial charge is 0.272 e. The molecule has 8 heteroatoms. The zero-order valence-electron chi connectivity index (χ0n) is 19.5. The van der Waals surface area contributed by atoms with Gasteiger partial charge in [-0.25, -0.2) is 15.0 Å². The molecule has 3 aromatic rings. The molecule has 2 fully saturated rings. The molecule has 0 unspecified atom stereocenters. The summed E-state index contributed by atoms with van der Waals surface area (Å²) in [7, 11) is 2.00. The monoisotopic (exact) mass is 445 g/mol. The number of pyridine rings is 1. The average Bonchev–Trinajstić information content (AvgIpc) is 3.41. The predicted octanol–water partition coefficient (Wildman–Crippen LogP) is 2.74. The van der Waals surface area contributed by atoms with Gasteiger partial charge in [0, 0.05) is 37.7 Å². The Hall–Kier alpha value is -3.16. The largest absolute Gasteiger partial charge is 0.356 e. The number of nitrogens with one attached hydrogen (secondary N) is 1. The van der Waals surface area contributed by atoms with Crippen molar-refractivity contribution in [3.8, 4) is 0 Å². The molecule has 0 aromatic carbocycles. The summed E-state index contributed by atoms with van der Waals surface area (Å²) in [5.74, 6) is 3.56. The highest BCUT2D eigenvalue weighted by molar-refractivity contribution is 5.92. The molecule has 0 radical (unpaired) electrons. The summed E-state index contributed by atoms with van der Waals surface area (Å²) in [5, 5.41) is 3.10. The van der Waals surface area contributed by atoms with Crippen LogP contribution in [0.15, 0.2) is 31.0 Å². The lowest BCUT2D eigenvalue weighted by molar-refractivity contribution is 0.0931. The van der Waals surface area contributed by atoms with E-state index in [0.29, 0.717) is 12.2 Å². The van der Waals surface area contributed by atoms with Crippen molar-refractivity contribution < 1.29 is 4.79 Å². The number of hydrogen-bond acceptors (Lipinski definition) is 5. The van der Waals surface area contributed by atoms with Crippen molar-refractivity contribution in [2.75, 3.05) is 18.0 Å². The summed E-state index contributed by atoms with van der Waals surface area (Å²) in [4.78, 5) is 29.1. The number of nitrogens with zero attached hydrogens (tertiary/aromatic N) is 6. The van der Waals surface area contributed by atoms with Gasteiger partial charge in [0.2, 0.25) is 0 Å². The number of fused-ring (bicyclic) bond motifs is 2. The second kappa shape index (κ2) is 7.71. The van der Waals surface area contributed by atoms with Crippen LogP contribution < -0.4 is 10.2 Å². The predicted molar refractivity (Wildman–Crippen MR) is 125 cm³/mol. The molecule has 1 N–H and O–H groups in total. The molecule has 1 aliphatic heterocycles. The minimum atomic E-state index is -0.150. The van der Waals surface area contributed by atoms with E-state index in [2.05, 4.69) is 46.2 Å². The maximum Gasteiger partial charge on any atom is 0.272 e. The minimum absolute atomic E-state index is 0.0399. The van der Waals surface area contributed by atoms with E-state index in [1.807, 2.05) is 28.7 Å². The molecule has 0 bridgehead atoms. The zero-order chi connectivity index (χ0) is 22.7. The van der Waals surface area contributed by atoms with E-state index in [4.69, 9.17) is 4.98 Å². The highest BCUT2D eigenvalue weighted by Gasteiger charge is 2.52. The third kappa shape index (κ3) is 3.52. The van der Waals surface area contributed by atoms with Gasteiger partial charge in [0.1, 0.15) is 11.5 Å². The molecule has 2 aliphatic carbocycles. The number of carbonyl (C=O) groups excluding carboxylic acids is 1. The second-order valence-corrected chi connectivity index (χ2v) is 9.90. The van der Waals surface area contributed by atoms with Crippen LogP contribution in [0.3, 0.4) is 0 Å². The number of imidazole rings is 2. The van der Waals surface area contributed by atoms with E-state index in [1.54, 1.807) is 6.33 Å². The molecule has 8 nitrogen and oxygen atoms in total. The number of carbonyl (C=O) groups is 1. The Morgan fingerprint density at radius 3 is 2.79 bits per heavy atom. The maximum absolute atomic E-state index is 12.8. The summed E-state index contributed by atoms with van der Waals surface area (Å²) in [6.07, 6.45) is 8.08. The van der Waals surface area contributed by atoms with Crippen LogP contribution in [0.1, 0.15) is 59.4 Å². The Kier molecular flexibility index (Phi) is 4.78. The number of piperidine rings is 1. The van der Waals surface area contributed by atoms with Gasteiger partial charge in [-0.15, -0.1) is 0 Å². The molecule has 6 rings (SSSR count). The van der Waals surface area contributed by atoms with Gasteiger partial charge in [-0.05, 0) is 48.6 Å². The van der Waals surface area contributed by atoms with E-state index in [0.717, 1.165) is 67.3 Å². The van der Waals surface area contributed by atoms with Gasteiger partial charge in [-0.2, -0.15) is 0 Å². The molecule has 1 amide bonds. The van der Waals surface area contributed by atoms with E-state index in [-0.39, 0.29) is 11.9 Å². The van der Waals surface area contributed by atoms with Gasteiger partial charge in [0.15, 0.2) is 0 Å². The summed E-state index contributed by atoms with van der Waals surface area (Å²) in [6, 6.07) is 4.30. The first-order valence-corrected chi connectivity index (χ1v) is 12.1. The van der Waals surface area contributed by atoms with Gasteiger partial charge in [-0.1, -0.05) is 19.9 Å². The average molecular weight is 446 g/mol. The third-order valence-corrected chi connectivity index (χ3v) is 7.95. The number of amides is 1. The van der Waals surface area contributed by atoms with Crippen molar-refractivity contribution in [1.82, 2.24) is 29.4 Å². The molecule has 4 heterocycles. The first-order chi connectivity index (χ1) is 16.0. The van der Waals surface area contributed by atoms with E-state index in [9.17, 15) is 4.79 Å². The van der Waals surface area contributed by atoms with Crippen molar-refractivity contribution >= 4 is 11.7 Å². The minimum Gasteiger partial charge on any atom is -0.356 e. The fourth-order valence-corrected chi connectivity index (χ4v) is 5.78. The molecule has 3 aliphatic rings. The number of anilines is 1. The van der Waals surface area contributed by atoms with Gasteiger partial charge < -0.3 is 19.4 Å². The van der Waals surface area contributed by atoms with Crippen molar-refractivity contribution in [3.63, 3.8) is 0 Å². The SMILES string of the molecule is CCc1nc(N2C[C@@H]3[C@H](C)[C@@H]3C2)ccc1Cn1cnc(C(=O)N[C@@H]2CCc3c2ncn3C)c1. The number of aryl methyl sites for hydroxylation is 2. The number of aromatic nitrogens is 5. The van der Waals surface area contributed by atoms with Gasteiger partial charge in [-0.3, -0.25) is 4.79 Å². The summed E-state index contributed by atoms with van der Waals surface area (Å²) < 4.78 is 4.01. The lowest BCUT2D eigenvalue weighted by atomic mass is 10.1. The Labute approximate surface area is 194 Å². The summed E-state index contributed by atoms with van der Waals surface area (Å²) in [6.45, 7) is 7.46. The highest BCUT2D eigenvalue weighted by Crippen LogP contribution is 2.51. The fourth-order valence-electron chi connectivity index (χ4n) is 5.78. The van der Waals surface area contributed by atoms with E-state index in [1.165, 1.54) is 11.3 Å². The fraction of sp³-hybridized carbons (Fsp3) is 0.520. The van der Waals surface area contributed by atoms with Crippen LogP contribution in [-0.2, 0) is 26.4 Å². The number of hydrogen-bond donors (Lipinski definition) is 1. The van der Waals surface area contributed by atoms with Crippen LogP contribution in [0, 0.1) is 17.8 Å². The lowest BCUT2D eigenvalue weighted by Gasteiger charge is -2.21. The van der Waals surface area contributed by atoms with Crippen LogP contribution in [0.25, 0.3) is 0 Å². The Bertz CT molecular complexity index is 1200. The molecule has 1 saturated carbocycles. The van der Waals surface area contributed by atoms with E-state index < -0.39 is 0 Å². The van der Waals surface area contributed by atoms with Gasteiger partial charge in [0.05, 0.1) is 30.9 Å². The molecule has 4 atom stereocenters. The Morgan fingerprint density at radius 1 is 1.18 bits per heavy atom. The van der Waals surface area contributed by atoms with Gasteiger partial charge in [0.25, 0.3) is 5.91 Å². The number of rotatable bonds is 6. The highest BCUT2D eigenvalue weighted by atomic mass is 16.2. The Balaban J connectivity index is 1.12. The topological polar surface area (TPSA) is 80.9 Å². The molecule has 33 heavy (non-hydrogen) atoms. The van der Waals surface area contributed by atoms with Crippen LogP contribution in [0.4, 0.5) is 5.82 Å². The Morgan fingerprint density at radius 2 is 2.00 bits per heavy atom. The summed E-state index contributed by atoms with van der Waals surface area (Å²) >= 11 is 0. The molecule has 0 spiro atoms. The van der Waals surface area contributed by atoms with Crippen molar-refractivity contribution in [1.29, 1.82) is 0 Å². The van der Waals surface area contributed by atoms with Crippen LogP contribution >= 0.6 is 0 Å². The third-order valence-electron chi connectivity index (χ3n) is 7.95. The normalized spacial score (nSPS) is 25.2. The first kappa shape index (κ1) is 20.4. The standard InChI is InChI=1S/C25H31N7O/c1-4-19-16(5-8-23(28-19)32-10-17-15(2)18(17)11-32)9-31-12-21(26-14-31)25(33)29-20-6-7-22-24(20)27-13-30(22)3/h5,8,12-15,17-18,20H,4,6-7,9-11H2,1-3H3,(H,29,33)/t15-,17+,18-,20-/m1/s1. The quantitative estimate of drug-likeness (QED) is 0.631. The molecule has 172 valence electrons. The molecular formula is C25H31N7O. The van der Waals surface area contributed by atoms with Crippen LogP contribution in [0.2, 0.25) is 0 Å². The lowest BCUT2D eigenvalue weighted by Crippen LogP contribution is -2.27. The summed E-state index contributed by atoms with van der Waals surface area (Å²) in [5.41, 5.74) is 4.92. The van der Waals surface area contributed by atoms with Crippen LogP contribution in [-0.4, -0.2) is 43.1 Å². The van der Waals surface area contributed by atoms with Crippen molar-refractivity contribution in [2.24, 2.45) is 24.8 Å². The first-order valence-electron chi connectivity index (χ1n) is 12.1. The molecule has 1 saturated heterocycles. The van der Waals surface area contributed by atoms with Crippen molar-refractivity contribution in [3.05, 3.63) is 59.3 Å². The van der Waals surface area contributed by atoms with Crippen molar-refractivity contribution in [2.45, 2.75) is 45.7 Å². The van der Waals surface area contributed by atoms with Crippen LogP contribution in [0.5, 0.6) is 0 Å².